The third-order valence-electron chi connectivity index (χ3n) is 6.13. The van der Waals surface area contributed by atoms with Crippen LogP contribution in [-0.4, -0.2) is 5.78 Å². The Morgan fingerprint density at radius 1 is 1.00 bits per heavy atom. The summed E-state index contributed by atoms with van der Waals surface area (Å²) in [5.74, 6) is 4.18. The standard InChI is InChI=1S/C19H26NO.BrH/c1-12-3-13(2)10-20(9-12)11-18(21)19-16-5-14-4-15(7-16)8-17(19)6-14;/h3,9-10,14-17,19H,4-8,11H2,1-2H3;1H/q+1;/p-1. The molecule has 0 aliphatic heterocycles. The minimum atomic E-state index is 0. The first-order valence-corrected chi connectivity index (χ1v) is 8.58. The molecule has 4 saturated carbocycles. The Hall–Kier alpha value is -0.700. The quantitative estimate of drug-likeness (QED) is 0.704. The predicted octanol–water partition coefficient (Wildman–Crippen LogP) is 0.236. The average Bonchev–Trinajstić information content (AvgIpc) is 2.35. The Kier molecular flexibility index (Phi) is 4.46. The van der Waals surface area contributed by atoms with Crippen molar-refractivity contribution in [2.75, 3.05) is 0 Å². The van der Waals surface area contributed by atoms with Crippen molar-refractivity contribution in [3.63, 3.8) is 0 Å². The van der Waals surface area contributed by atoms with Crippen LogP contribution in [0.1, 0.15) is 43.2 Å². The second-order valence-electron chi connectivity index (χ2n) is 7.99. The molecule has 1 heterocycles. The van der Waals surface area contributed by atoms with Crippen LogP contribution in [0.2, 0.25) is 0 Å². The van der Waals surface area contributed by atoms with Gasteiger partial charge in [0.25, 0.3) is 0 Å². The van der Waals surface area contributed by atoms with Gasteiger partial charge in [-0.2, -0.15) is 4.57 Å². The molecule has 22 heavy (non-hydrogen) atoms. The van der Waals surface area contributed by atoms with Crippen molar-refractivity contribution < 1.29 is 26.3 Å². The Balaban J connectivity index is 0.00000144. The van der Waals surface area contributed by atoms with Crippen LogP contribution in [0, 0.1) is 43.4 Å². The molecular weight excluding hydrogens is 338 g/mol. The van der Waals surface area contributed by atoms with E-state index in [0.717, 1.165) is 11.8 Å². The fraction of sp³-hybridized carbons (Fsp3) is 0.684. The first kappa shape index (κ1) is 16.2. The maximum absolute atomic E-state index is 12.9. The highest BCUT2D eigenvalue weighted by molar-refractivity contribution is 5.80. The third-order valence-corrected chi connectivity index (χ3v) is 6.13. The van der Waals surface area contributed by atoms with Gasteiger partial charge in [-0.25, -0.2) is 0 Å². The van der Waals surface area contributed by atoms with Gasteiger partial charge in [-0.1, -0.05) is 0 Å². The van der Waals surface area contributed by atoms with Crippen LogP contribution in [0.15, 0.2) is 18.5 Å². The van der Waals surface area contributed by atoms with Crippen LogP contribution in [0.3, 0.4) is 0 Å². The third kappa shape index (κ3) is 2.89. The molecule has 0 spiro atoms. The van der Waals surface area contributed by atoms with Gasteiger partial charge in [-0.3, -0.25) is 4.79 Å². The molecule has 4 fully saturated rings. The summed E-state index contributed by atoms with van der Waals surface area (Å²) >= 11 is 0. The molecule has 3 heteroatoms. The zero-order valence-electron chi connectivity index (χ0n) is 13.6. The van der Waals surface area contributed by atoms with Crippen molar-refractivity contribution >= 4 is 5.78 Å². The number of Topliss-reactive ketones (excluding diaryl/α,β-unsaturated/α-hetero) is 1. The van der Waals surface area contributed by atoms with Crippen molar-refractivity contribution in [2.45, 2.75) is 52.5 Å². The SMILES string of the molecule is Cc1cc(C)c[n+](CC(=O)C2C3CC4CC(C3)CC2C4)c1.[Br-]. The van der Waals surface area contributed by atoms with E-state index in [1.54, 1.807) is 0 Å². The van der Waals surface area contributed by atoms with E-state index in [1.807, 2.05) is 0 Å². The molecule has 1 aromatic rings. The van der Waals surface area contributed by atoms with E-state index >= 15 is 0 Å². The van der Waals surface area contributed by atoms with Gasteiger partial charge in [0.2, 0.25) is 12.3 Å². The first-order valence-electron chi connectivity index (χ1n) is 8.58. The number of carbonyl (C=O) groups is 1. The van der Waals surface area contributed by atoms with E-state index in [1.165, 1.54) is 43.2 Å². The summed E-state index contributed by atoms with van der Waals surface area (Å²) in [7, 11) is 0. The number of pyridine rings is 1. The summed E-state index contributed by atoms with van der Waals surface area (Å²) in [4.78, 5) is 12.9. The van der Waals surface area contributed by atoms with Crippen LogP contribution in [-0.2, 0) is 11.3 Å². The Labute approximate surface area is 144 Å². The smallest absolute Gasteiger partial charge is 0.206 e. The number of nitrogens with zero attached hydrogens (tertiary/aromatic N) is 1. The molecule has 4 aliphatic carbocycles. The van der Waals surface area contributed by atoms with E-state index in [0.29, 0.717) is 30.1 Å². The highest BCUT2D eigenvalue weighted by atomic mass is 79.9. The molecule has 0 N–H and O–H groups in total. The maximum Gasteiger partial charge on any atom is 0.206 e. The second-order valence-corrected chi connectivity index (χ2v) is 7.99. The van der Waals surface area contributed by atoms with Crippen LogP contribution in [0.5, 0.6) is 0 Å². The number of aromatic nitrogens is 1. The summed E-state index contributed by atoms with van der Waals surface area (Å²) in [5, 5.41) is 0. The summed E-state index contributed by atoms with van der Waals surface area (Å²) in [6.07, 6.45) is 11.0. The Morgan fingerprint density at radius 2 is 1.50 bits per heavy atom. The number of halogens is 1. The zero-order chi connectivity index (χ0) is 14.6. The van der Waals surface area contributed by atoms with Crippen molar-refractivity contribution in [2.24, 2.45) is 29.6 Å². The number of carbonyl (C=O) groups excluding carboxylic acids is 1. The topological polar surface area (TPSA) is 20.9 Å². The lowest BCUT2D eigenvalue weighted by atomic mass is 9.51. The molecule has 0 atom stereocenters. The highest BCUT2D eigenvalue weighted by Crippen LogP contribution is 2.56. The number of aryl methyl sites for hydroxylation is 2. The van der Waals surface area contributed by atoms with Crippen molar-refractivity contribution in [3.8, 4) is 0 Å². The van der Waals surface area contributed by atoms with Crippen LogP contribution in [0.4, 0.5) is 0 Å². The van der Waals surface area contributed by atoms with Crippen molar-refractivity contribution in [1.29, 1.82) is 0 Å². The van der Waals surface area contributed by atoms with Gasteiger partial charge in [-0.05, 0) is 75.7 Å². The van der Waals surface area contributed by atoms with E-state index in [4.69, 9.17) is 0 Å². The molecule has 0 unspecified atom stereocenters. The minimum Gasteiger partial charge on any atom is -1.00 e. The second kappa shape index (κ2) is 6.07. The average molecular weight is 364 g/mol. The van der Waals surface area contributed by atoms with Gasteiger partial charge in [0.15, 0.2) is 12.4 Å². The molecule has 120 valence electrons. The summed E-state index contributed by atoms with van der Waals surface area (Å²) < 4.78 is 2.11. The van der Waals surface area contributed by atoms with Gasteiger partial charge in [-0.15, -0.1) is 0 Å². The molecule has 0 saturated heterocycles. The number of hydrogen-bond donors (Lipinski definition) is 0. The molecule has 0 aromatic carbocycles. The maximum atomic E-state index is 12.9. The largest absolute Gasteiger partial charge is 1.00 e. The molecule has 1 aromatic heterocycles. The molecule has 2 nitrogen and oxygen atoms in total. The summed E-state index contributed by atoms with van der Waals surface area (Å²) in [5.41, 5.74) is 2.49. The molecule has 0 radical (unpaired) electrons. The van der Waals surface area contributed by atoms with Gasteiger partial charge < -0.3 is 17.0 Å². The summed E-state index contributed by atoms with van der Waals surface area (Å²) in [6.45, 7) is 4.79. The number of rotatable bonds is 3. The zero-order valence-corrected chi connectivity index (χ0v) is 15.2. The van der Waals surface area contributed by atoms with Gasteiger partial charge in [0.05, 0.1) is 0 Å². The number of ketones is 1. The normalized spacial score (nSPS) is 35.3. The molecular formula is C19H26BrNO. The monoisotopic (exact) mass is 363 g/mol. The minimum absolute atomic E-state index is 0. The number of hydrogen-bond acceptors (Lipinski definition) is 1. The predicted molar refractivity (Wildman–Crippen MR) is 81.7 cm³/mol. The lowest BCUT2D eigenvalue weighted by molar-refractivity contribution is -0.685. The van der Waals surface area contributed by atoms with Gasteiger partial charge in [0.1, 0.15) is 0 Å². The molecule has 4 bridgehead atoms. The molecule has 0 amide bonds. The fourth-order valence-corrected chi connectivity index (χ4v) is 5.82. The first-order chi connectivity index (χ1) is 10.1. The Bertz CT molecular complexity index is 535. The van der Waals surface area contributed by atoms with Crippen LogP contribution >= 0.6 is 0 Å². The molecule has 5 rings (SSSR count). The van der Waals surface area contributed by atoms with Crippen molar-refractivity contribution in [1.82, 2.24) is 0 Å². The van der Waals surface area contributed by atoms with E-state index in [-0.39, 0.29) is 17.0 Å². The van der Waals surface area contributed by atoms with E-state index < -0.39 is 0 Å². The van der Waals surface area contributed by atoms with Gasteiger partial charge in [0, 0.05) is 17.0 Å². The summed E-state index contributed by atoms with van der Waals surface area (Å²) in [6, 6.07) is 2.17. The van der Waals surface area contributed by atoms with E-state index in [2.05, 4.69) is 36.9 Å². The highest BCUT2D eigenvalue weighted by Gasteiger charge is 2.51. The fourth-order valence-electron chi connectivity index (χ4n) is 5.82. The van der Waals surface area contributed by atoms with Crippen LogP contribution < -0.4 is 21.5 Å². The van der Waals surface area contributed by atoms with Gasteiger partial charge >= 0.3 is 0 Å². The lowest BCUT2D eigenvalue weighted by Gasteiger charge is -2.53. The van der Waals surface area contributed by atoms with Crippen molar-refractivity contribution in [3.05, 3.63) is 29.6 Å². The molecule has 4 aliphatic rings. The Morgan fingerprint density at radius 3 is 2.00 bits per heavy atom. The lowest BCUT2D eigenvalue weighted by Crippen LogP contribution is -3.00. The van der Waals surface area contributed by atoms with Crippen LogP contribution in [0.25, 0.3) is 0 Å². The van der Waals surface area contributed by atoms with E-state index in [9.17, 15) is 4.79 Å².